The zero-order chi connectivity index (χ0) is 9.14. The van der Waals surface area contributed by atoms with Gasteiger partial charge >= 0.3 is 5.97 Å². The molecule has 1 heterocycles. The number of nitrogens with one attached hydrogen (secondary N) is 1. The Labute approximate surface area is 68.6 Å². The molecule has 0 saturated heterocycles. The molecule has 0 amide bonds. The number of hydrogen-bond acceptors (Lipinski definition) is 2. The molecule has 0 aromatic carbocycles. The first kappa shape index (κ1) is 8.58. The number of nitrogens with zero attached hydrogens (tertiary/aromatic N) is 1. The number of aromatic nitrogens is 2. The van der Waals surface area contributed by atoms with Gasteiger partial charge in [-0.2, -0.15) is 0 Å². The average Bonchev–Trinajstić information content (AvgIpc) is 2.32. The Morgan fingerprint density at radius 3 is 2.83 bits per heavy atom. The van der Waals surface area contributed by atoms with Crippen LogP contribution in [0.25, 0.3) is 0 Å². The fourth-order valence-electron chi connectivity index (χ4n) is 0.951. The van der Waals surface area contributed by atoms with E-state index in [0.717, 1.165) is 6.42 Å². The first-order valence-corrected chi connectivity index (χ1v) is 3.68. The molecule has 5 heteroatoms. The van der Waals surface area contributed by atoms with E-state index in [1.54, 1.807) is 0 Å². The summed E-state index contributed by atoms with van der Waals surface area (Å²) in [6, 6.07) is 0. The molecule has 0 bridgehead atoms. The van der Waals surface area contributed by atoms with Crippen molar-refractivity contribution in [2.45, 2.75) is 19.9 Å². The van der Waals surface area contributed by atoms with Crippen LogP contribution in [0, 0.1) is 0 Å². The number of carboxylic acid groups (broad SMARTS) is 1. The topological polar surface area (TPSA) is 75.1 Å². The standard InChI is InChI=1S/C7H10N2O3/c1-2-3-9-4-5(7(11)12)6(10)8-9/h4H,2-3H2,1H3,(H,8,10)(H,11,12). The van der Waals surface area contributed by atoms with Crippen molar-refractivity contribution in [1.82, 2.24) is 9.78 Å². The average molecular weight is 170 g/mol. The van der Waals surface area contributed by atoms with Crippen molar-refractivity contribution in [3.05, 3.63) is 22.1 Å². The highest BCUT2D eigenvalue weighted by atomic mass is 16.4. The van der Waals surface area contributed by atoms with Gasteiger partial charge < -0.3 is 5.11 Å². The van der Waals surface area contributed by atoms with Crippen molar-refractivity contribution in [2.24, 2.45) is 0 Å². The van der Waals surface area contributed by atoms with E-state index in [4.69, 9.17) is 5.11 Å². The third-order valence-electron chi connectivity index (χ3n) is 1.47. The van der Waals surface area contributed by atoms with Crippen molar-refractivity contribution in [3.8, 4) is 0 Å². The lowest BCUT2D eigenvalue weighted by Gasteiger charge is -1.95. The zero-order valence-electron chi connectivity index (χ0n) is 6.70. The van der Waals surface area contributed by atoms with Crippen LogP contribution in [0.15, 0.2) is 11.0 Å². The minimum atomic E-state index is -1.19. The number of carboxylic acids is 1. The van der Waals surface area contributed by atoms with E-state index in [1.165, 1.54) is 10.9 Å². The van der Waals surface area contributed by atoms with Crippen LogP contribution in [0.2, 0.25) is 0 Å². The normalized spacial score (nSPS) is 10.1. The molecule has 0 aliphatic rings. The van der Waals surface area contributed by atoms with Crippen LogP contribution in [-0.4, -0.2) is 20.9 Å². The summed E-state index contributed by atoms with van der Waals surface area (Å²) in [4.78, 5) is 21.3. The molecule has 0 fully saturated rings. The van der Waals surface area contributed by atoms with Crippen molar-refractivity contribution in [1.29, 1.82) is 0 Å². The lowest BCUT2D eigenvalue weighted by molar-refractivity contribution is 0.0695. The Morgan fingerprint density at radius 2 is 2.42 bits per heavy atom. The second-order valence-corrected chi connectivity index (χ2v) is 2.48. The largest absolute Gasteiger partial charge is 0.477 e. The lowest BCUT2D eigenvalue weighted by Crippen LogP contribution is -2.11. The van der Waals surface area contributed by atoms with Crippen LogP contribution < -0.4 is 5.56 Å². The van der Waals surface area contributed by atoms with Crippen molar-refractivity contribution in [3.63, 3.8) is 0 Å². The number of hydrogen-bond donors (Lipinski definition) is 2. The van der Waals surface area contributed by atoms with Crippen LogP contribution in [0.3, 0.4) is 0 Å². The van der Waals surface area contributed by atoms with Gasteiger partial charge in [0, 0.05) is 12.7 Å². The van der Waals surface area contributed by atoms with Gasteiger partial charge in [0.25, 0.3) is 5.56 Å². The molecule has 0 saturated carbocycles. The third-order valence-corrected chi connectivity index (χ3v) is 1.47. The summed E-state index contributed by atoms with van der Waals surface area (Å²) in [7, 11) is 0. The second-order valence-electron chi connectivity index (χ2n) is 2.48. The van der Waals surface area contributed by atoms with Gasteiger partial charge in [0.15, 0.2) is 0 Å². The Kier molecular flexibility index (Phi) is 2.32. The van der Waals surface area contributed by atoms with Crippen molar-refractivity contribution < 1.29 is 9.90 Å². The van der Waals surface area contributed by atoms with E-state index in [9.17, 15) is 9.59 Å². The summed E-state index contributed by atoms with van der Waals surface area (Å²) < 4.78 is 1.48. The van der Waals surface area contributed by atoms with E-state index in [0.29, 0.717) is 6.54 Å². The summed E-state index contributed by atoms with van der Waals surface area (Å²) in [5.74, 6) is -1.19. The molecule has 1 aromatic heterocycles. The Balaban J connectivity index is 3.01. The maximum Gasteiger partial charge on any atom is 0.342 e. The van der Waals surface area contributed by atoms with Gasteiger partial charge in [-0.05, 0) is 6.42 Å². The molecule has 0 radical (unpaired) electrons. The van der Waals surface area contributed by atoms with E-state index >= 15 is 0 Å². The van der Waals surface area contributed by atoms with Crippen LogP contribution in [-0.2, 0) is 6.54 Å². The van der Waals surface area contributed by atoms with Gasteiger partial charge in [-0.25, -0.2) is 4.79 Å². The number of aryl methyl sites for hydroxylation is 1. The quantitative estimate of drug-likeness (QED) is 0.684. The molecule has 0 aliphatic carbocycles. The second kappa shape index (κ2) is 3.25. The Morgan fingerprint density at radius 1 is 1.75 bits per heavy atom. The molecule has 1 rings (SSSR count). The molecular weight excluding hydrogens is 160 g/mol. The van der Waals surface area contributed by atoms with E-state index < -0.39 is 11.5 Å². The highest BCUT2D eigenvalue weighted by Crippen LogP contribution is 1.92. The monoisotopic (exact) mass is 170 g/mol. The van der Waals surface area contributed by atoms with Crippen LogP contribution in [0.4, 0.5) is 0 Å². The smallest absolute Gasteiger partial charge is 0.342 e. The molecule has 5 nitrogen and oxygen atoms in total. The maximum atomic E-state index is 10.9. The molecular formula is C7H10N2O3. The summed E-state index contributed by atoms with van der Waals surface area (Å²) in [5, 5.41) is 10.9. The molecule has 66 valence electrons. The van der Waals surface area contributed by atoms with Gasteiger partial charge in [0.1, 0.15) is 5.56 Å². The molecule has 1 aromatic rings. The number of aromatic amines is 1. The summed E-state index contributed by atoms with van der Waals surface area (Å²) in [6.45, 7) is 2.57. The minimum Gasteiger partial charge on any atom is -0.477 e. The molecule has 0 spiro atoms. The summed E-state index contributed by atoms with van der Waals surface area (Å²) >= 11 is 0. The van der Waals surface area contributed by atoms with Gasteiger partial charge in [0.2, 0.25) is 0 Å². The van der Waals surface area contributed by atoms with E-state index in [1.807, 2.05) is 6.92 Å². The van der Waals surface area contributed by atoms with Gasteiger partial charge in [0.05, 0.1) is 0 Å². The predicted molar refractivity (Wildman–Crippen MR) is 42.3 cm³/mol. The number of rotatable bonds is 3. The molecule has 0 atom stereocenters. The maximum absolute atomic E-state index is 10.9. The number of aromatic carboxylic acids is 1. The predicted octanol–water partition coefficient (Wildman–Crippen LogP) is 0.285. The summed E-state index contributed by atoms with van der Waals surface area (Å²) in [5.41, 5.74) is -0.751. The zero-order valence-corrected chi connectivity index (χ0v) is 6.70. The first-order chi connectivity index (χ1) is 5.65. The van der Waals surface area contributed by atoms with Crippen molar-refractivity contribution >= 4 is 5.97 Å². The Bertz CT molecular complexity index is 337. The fraction of sp³-hybridized carbons (Fsp3) is 0.429. The van der Waals surface area contributed by atoms with Gasteiger partial charge in [-0.3, -0.25) is 14.6 Å². The fourth-order valence-corrected chi connectivity index (χ4v) is 0.951. The van der Waals surface area contributed by atoms with Crippen LogP contribution in [0.5, 0.6) is 0 Å². The SMILES string of the molecule is CCCn1cc(C(=O)O)c(=O)[nH]1. The highest BCUT2D eigenvalue weighted by Gasteiger charge is 2.10. The van der Waals surface area contributed by atoms with E-state index in [-0.39, 0.29) is 5.56 Å². The summed E-state index contributed by atoms with van der Waals surface area (Å²) in [6.07, 6.45) is 2.16. The van der Waals surface area contributed by atoms with Crippen LogP contribution in [0.1, 0.15) is 23.7 Å². The molecule has 0 aliphatic heterocycles. The van der Waals surface area contributed by atoms with Gasteiger partial charge in [-0.15, -0.1) is 0 Å². The minimum absolute atomic E-state index is 0.205. The third kappa shape index (κ3) is 1.55. The number of carbonyl (C=O) groups is 1. The molecule has 2 N–H and O–H groups in total. The lowest BCUT2D eigenvalue weighted by atomic mass is 10.4. The molecule has 0 unspecified atom stereocenters. The van der Waals surface area contributed by atoms with Crippen LogP contribution >= 0.6 is 0 Å². The number of H-pyrrole nitrogens is 1. The van der Waals surface area contributed by atoms with Gasteiger partial charge in [-0.1, -0.05) is 6.92 Å². The Hall–Kier alpha value is -1.52. The first-order valence-electron chi connectivity index (χ1n) is 3.68. The molecule has 12 heavy (non-hydrogen) atoms. The van der Waals surface area contributed by atoms with Crippen molar-refractivity contribution in [2.75, 3.05) is 0 Å². The highest BCUT2D eigenvalue weighted by molar-refractivity contribution is 5.86. The van der Waals surface area contributed by atoms with E-state index in [2.05, 4.69) is 5.10 Å².